The summed E-state index contributed by atoms with van der Waals surface area (Å²) in [5.74, 6) is 2.30. The molecule has 2 aliphatic carbocycles. The lowest BCUT2D eigenvalue weighted by molar-refractivity contribution is 0.0684. The minimum absolute atomic E-state index is 0.168. The number of anilines is 1. The van der Waals surface area contributed by atoms with Crippen LogP contribution in [0.4, 0.5) is 5.82 Å². The highest BCUT2D eigenvalue weighted by molar-refractivity contribution is 5.90. The van der Waals surface area contributed by atoms with Gasteiger partial charge in [0.25, 0.3) is 0 Å². The number of fused-ring (bicyclic) bond motifs is 1. The summed E-state index contributed by atoms with van der Waals surface area (Å²) < 4.78 is 2.39. The monoisotopic (exact) mass is 482 g/mol. The minimum Gasteiger partial charge on any atom is -0.475 e. The Morgan fingerprint density at radius 3 is 2.51 bits per heavy atom. The summed E-state index contributed by atoms with van der Waals surface area (Å²) in [6.45, 7) is 9.74. The SMILES string of the molecule is CCN1CCC(C)CC1c1nc2nc(C(=O)O)nc(NC(C)C3CCC3)c2n1CC1CCCCC1. The summed E-state index contributed by atoms with van der Waals surface area (Å²) in [5, 5.41) is 13.4. The molecule has 3 heterocycles. The Bertz CT molecular complexity index is 1040. The second kappa shape index (κ2) is 10.4. The smallest absolute Gasteiger partial charge is 0.374 e. The van der Waals surface area contributed by atoms with Gasteiger partial charge in [-0.15, -0.1) is 0 Å². The van der Waals surface area contributed by atoms with Gasteiger partial charge in [0.05, 0.1) is 6.04 Å². The Hall–Kier alpha value is -2.22. The minimum atomic E-state index is -1.10. The summed E-state index contributed by atoms with van der Waals surface area (Å²) in [5.41, 5.74) is 1.43. The standard InChI is InChI=1S/C27H42N6O2/c1-4-32-14-13-17(2)15-21(32)26-31-24-22(33(26)16-19-9-6-5-7-10-19)23(29-25(30-24)27(34)35)28-18(3)20-11-8-12-20/h17-21H,4-16H2,1-3H3,(H,34,35)(H,28,29,30). The molecule has 192 valence electrons. The van der Waals surface area contributed by atoms with E-state index >= 15 is 0 Å². The molecule has 2 aromatic heterocycles. The quantitative estimate of drug-likeness (QED) is 0.513. The van der Waals surface area contributed by atoms with Crippen LogP contribution in [-0.4, -0.2) is 54.6 Å². The second-order valence-electron chi connectivity index (χ2n) is 11.4. The van der Waals surface area contributed by atoms with E-state index in [0.717, 1.165) is 37.4 Å². The predicted octanol–water partition coefficient (Wildman–Crippen LogP) is 5.50. The van der Waals surface area contributed by atoms with Crippen LogP contribution in [0, 0.1) is 17.8 Å². The van der Waals surface area contributed by atoms with Gasteiger partial charge in [-0.3, -0.25) is 4.90 Å². The number of hydrogen-bond donors (Lipinski definition) is 2. The molecule has 0 amide bonds. The Labute approximate surface area is 208 Å². The van der Waals surface area contributed by atoms with Crippen molar-refractivity contribution in [2.45, 2.75) is 104 Å². The van der Waals surface area contributed by atoms with Gasteiger partial charge in [-0.05, 0) is 76.3 Å². The van der Waals surface area contributed by atoms with E-state index in [2.05, 4.69) is 45.5 Å². The number of carboxylic acid groups (broad SMARTS) is 1. The number of nitrogens with one attached hydrogen (secondary N) is 1. The molecule has 2 aromatic rings. The molecular weight excluding hydrogens is 440 g/mol. The summed E-state index contributed by atoms with van der Waals surface area (Å²) in [6, 6.07) is 0.471. The maximum absolute atomic E-state index is 11.9. The van der Waals surface area contributed by atoms with Crippen LogP contribution in [0.2, 0.25) is 0 Å². The molecule has 3 aliphatic rings. The molecule has 3 unspecified atom stereocenters. The molecule has 2 saturated carbocycles. The zero-order valence-electron chi connectivity index (χ0n) is 21.7. The van der Waals surface area contributed by atoms with Crippen molar-refractivity contribution in [3.63, 3.8) is 0 Å². The van der Waals surface area contributed by atoms with Crippen molar-refractivity contribution in [1.82, 2.24) is 24.4 Å². The Kier molecular flexibility index (Phi) is 7.28. The summed E-state index contributed by atoms with van der Waals surface area (Å²) in [6.07, 6.45) is 12.4. The largest absolute Gasteiger partial charge is 0.475 e. The van der Waals surface area contributed by atoms with Crippen LogP contribution < -0.4 is 5.32 Å². The Morgan fingerprint density at radius 2 is 1.86 bits per heavy atom. The van der Waals surface area contributed by atoms with Crippen LogP contribution >= 0.6 is 0 Å². The molecule has 1 aliphatic heterocycles. The molecule has 3 fully saturated rings. The molecule has 35 heavy (non-hydrogen) atoms. The zero-order chi connectivity index (χ0) is 24.5. The highest BCUT2D eigenvalue weighted by atomic mass is 16.4. The van der Waals surface area contributed by atoms with Crippen molar-refractivity contribution in [1.29, 1.82) is 0 Å². The molecule has 0 radical (unpaired) electrons. The van der Waals surface area contributed by atoms with E-state index in [1.165, 1.54) is 57.8 Å². The van der Waals surface area contributed by atoms with Gasteiger partial charge in [-0.1, -0.05) is 39.5 Å². The highest BCUT2D eigenvalue weighted by Gasteiger charge is 2.34. The van der Waals surface area contributed by atoms with E-state index in [9.17, 15) is 9.90 Å². The van der Waals surface area contributed by atoms with E-state index in [0.29, 0.717) is 29.2 Å². The van der Waals surface area contributed by atoms with Crippen molar-refractivity contribution >= 4 is 23.0 Å². The number of likely N-dealkylation sites (tertiary alicyclic amines) is 1. The first kappa shape index (κ1) is 24.5. The van der Waals surface area contributed by atoms with Gasteiger partial charge in [0.15, 0.2) is 11.5 Å². The fourth-order valence-corrected chi connectivity index (χ4v) is 6.43. The number of carboxylic acids is 1. The first-order valence-corrected chi connectivity index (χ1v) is 14.0. The zero-order valence-corrected chi connectivity index (χ0v) is 21.7. The average molecular weight is 483 g/mol. The lowest BCUT2D eigenvalue weighted by atomic mass is 9.80. The molecule has 2 N–H and O–H groups in total. The summed E-state index contributed by atoms with van der Waals surface area (Å²) in [7, 11) is 0. The molecule has 0 bridgehead atoms. The van der Waals surface area contributed by atoms with E-state index in [1.807, 2.05) is 0 Å². The molecule has 8 heteroatoms. The van der Waals surface area contributed by atoms with Crippen LogP contribution in [0.5, 0.6) is 0 Å². The van der Waals surface area contributed by atoms with E-state index < -0.39 is 5.97 Å². The van der Waals surface area contributed by atoms with E-state index in [4.69, 9.17) is 4.98 Å². The molecule has 8 nitrogen and oxygen atoms in total. The maximum atomic E-state index is 11.9. The molecular formula is C27H42N6O2. The van der Waals surface area contributed by atoms with Gasteiger partial charge in [0.2, 0.25) is 5.82 Å². The molecule has 0 spiro atoms. The van der Waals surface area contributed by atoms with Crippen molar-refractivity contribution in [3.05, 3.63) is 11.6 Å². The first-order valence-electron chi connectivity index (χ1n) is 14.0. The van der Waals surface area contributed by atoms with Crippen LogP contribution in [0.1, 0.15) is 107 Å². The van der Waals surface area contributed by atoms with Crippen LogP contribution in [-0.2, 0) is 6.54 Å². The van der Waals surface area contributed by atoms with Gasteiger partial charge >= 0.3 is 5.97 Å². The van der Waals surface area contributed by atoms with Gasteiger partial charge in [-0.25, -0.2) is 19.7 Å². The molecule has 5 rings (SSSR count). The number of rotatable bonds is 8. The van der Waals surface area contributed by atoms with Gasteiger partial charge in [0, 0.05) is 12.6 Å². The Balaban J connectivity index is 1.63. The third kappa shape index (κ3) is 5.04. The second-order valence-corrected chi connectivity index (χ2v) is 11.4. The lowest BCUT2D eigenvalue weighted by Crippen LogP contribution is -2.37. The number of aromatic nitrogens is 4. The normalized spacial score (nSPS) is 25.5. The van der Waals surface area contributed by atoms with Crippen molar-refractivity contribution in [2.24, 2.45) is 17.8 Å². The Morgan fingerprint density at radius 1 is 1.09 bits per heavy atom. The number of piperidine rings is 1. The third-order valence-electron chi connectivity index (χ3n) is 8.89. The van der Waals surface area contributed by atoms with Crippen molar-refractivity contribution < 1.29 is 9.90 Å². The average Bonchev–Trinajstić information content (AvgIpc) is 3.16. The third-order valence-corrected chi connectivity index (χ3v) is 8.89. The first-order chi connectivity index (χ1) is 16.9. The molecule has 3 atom stereocenters. The van der Waals surface area contributed by atoms with Crippen LogP contribution in [0.15, 0.2) is 0 Å². The van der Waals surface area contributed by atoms with Crippen LogP contribution in [0.25, 0.3) is 11.2 Å². The van der Waals surface area contributed by atoms with Gasteiger partial charge in [0.1, 0.15) is 11.3 Å². The van der Waals surface area contributed by atoms with Crippen molar-refractivity contribution in [3.8, 4) is 0 Å². The van der Waals surface area contributed by atoms with Gasteiger partial charge < -0.3 is 15.0 Å². The molecule has 0 aromatic carbocycles. The van der Waals surface area contributed by atoms with Crippen molar-refractivity contribution in [2.75, 3.05) is 18.4 Å². The number of hydrogen-bond acceptors (Lipinski definition) is 6. The fourth-order valence-electron chi connectivity index (χ4n) is 6.43. The number of carbonyl (C=O) groups is 1. The van der Waals surface area contributed by atoms with Gasteiger partial charge in [-0.2, -0.15) is 0 Å². The topological polar surface area (TPSA) is 96.2 Å². The maximum Gasteiger partial charge on any atom is 0.374 e. The number of imidazole rings is 1. The number of aromatic carboxylic acids is 1. The number of nitrogens with zero attached hydrogens (tertiary/aromatic N) is 5. The molecule has 1 saturated heterocycles. The summed E-state index contributed by atoms with van der Waals surface area (Å²) in [4.78, 5) is 28.6. The summed E-state index contributed by atoms with van der Waals surface area (Å²) >= 11 is 0. The lowest BCUT2D eigenvalue weighted by Gasteiger charge is -2.38. The predicted molar refractivity (Wildman–Crippen MR) is 138 cm³/mol. The highest BCUT2D eigenvalue weighted by Crippen LogP contribution is 2.38. The fraction of sp³-hybridized carbons (Fsp3) is 0.778. The van der Waals surface area contributed by atoms with E-state index in [1.54, 1.807) is 0 Å². The van der Waals surface area contributed by atoms with Crippen LogP contribution in [0.3, 0.4) is 0 Å². The van der Waals surface area contributed by atoms with E-state index in [-0.39, 0.29) is 17.9 Å².